The lowest BCUT2D eigenvalue weighted by Crippen LogP contribution is -1.95. The van der Waals surface area contributed by atoms with Crippen LogP contribution in [0, 0.1) is 0 Å². The van der Waals surface area contributed by atoms with Gasteiger partial charge in [0.05, 0.1) is 5.69 Å². The molecule has 0 bridgehead atoms. The van der Waals surface area contributed by atoms with Crippen LogP contribution >= 0.6 is 35.0 Å². The van der Waals surface area contributed by atoms with E-state index in [1.807, 2.05) is 0 Å². The molecule has 4 N–H and O–H groups in total. The second kappa shape index (κ2) is 12.5. The van der Waals surface area contributed by atoms with Crippen molar-refractivity contribution in [1.82, 2.24) is 15.0 Å². The Morgan fingerprint density at radius 2 is 1.77 bits per heavy atom. The van der Waals surface area contributed by atoms with E-state index >= 15 is 0 Å². The quantitative estimate of drug-likeness (QED) is 0.486. The van der Waals surface area contributed by atoms with Crippen molar-refractivity contribution in [2.75, 3.05) is 12.8 Å². The maximum absolute atomic E-state index is 5.86. The normalized spacial score (nSPS) is 9.18. The van der Waals surface area contributed by atoms with Crippen molar-refractivity contribution in [3.8, 4) is 0 Å². The monoisotopic (exact) mass is 361 g/mol. The summed E-state index contributed by atoms with van der Waals surface area (Å²) in [5.41, 5.74) is 10.9. The van der Waals surface area contributed by atoms with Crippen molar-refractivity contribution in [3.63, 3.8) is 0 Å². The fourth-order valence-electron chi connectivity index (χ4n) is 1.14. The predicted octanol–water partition coefficient (Wildman–Crippen LogP) is 4.04. The van der Waals surface area contributed by atoms with Crippen LogP contribution in [0.25, 0.3) is 0 Å². The summed E-state index contributed by atoms with van der Waals surface area (Å²) in [5, 5.41) is 1.51. The Hall–Kier alpha value is -1.08. The molecule has 0 amide bonds. The third-order valence-corrected chi connectivity index (χ3v) is 3.13. The highest BCUT2D eigenvalue weighted by molar-refractivity contribution is 7.98. The molecule has 22 heavy (non-hydrogen) atoms. The van der Waals surface area contributed by atoms with Gasteiger partial charge in [0.1, 0.15) is 11.0 Å². The van der Waals surface area contributed by atoms with Gasteiger partial charge in [0.25, 0.3) is 0 Å². The summed E-state index contributed by atoms with van der Waals surface area (Å²) >= 11 is 13.0. The maximum atomic E-state index is 5.86. The second-order valence-corrected chi connectivity index (χ2v) is 5.63. The van der Waals surface area contributed by atoms with Gasteiger partial charge in [0.15, 0.2) is 5.16 Å². The highest BCUT2D eigenvalue weighted by Crippen LogP contribution is 2.22. The Bertz CT molecular complexity index is 534. The van der Waals surface area contributed by atoms with Crippen molar-refractivity contribution in [2.45, 2.75) is 31.2 Å². The molecule has 0 atom stereocenters. The van der Waals surface area contributed by atoms with Gasteiger partial charge in [-0.25, -0.2) is 9.97 Å². The molecular formula is C14H21Cl2N5S. The van der Waals surface area contributed by atoms with Gasteiger partial charge in [0.2, 0.25) is 0 Å². The number of hydrogen-bond acceptors (Lipinski definition) is 6. The first-order valence-corrected chi connectivity index (χ1v) is 8.40. The molecular weight excluding hydrogens is 341 g/mol. The molecule has 8 heteroatoms. The van der Waals surface area contributed by atoms with Crippen LogP contribution in [-0.2, 0) is 5.75 Å². The van der Waals surface area contributed by atoms with E-state index in [0.29, 0.717) is 26.9 Å². The van der Waals surface area contributed by atoms with Crippen LogP contribution < -0.4 is 11.5 Å². The largest absolute Gasteiger partial charge is 0.384 e. The van der Waals surface area contributed by atoms with Gasteiger partial charge in [-0.1, -0.05) is 55.2 Å². The van der Waals surface area contributed by atoms with Gasteiger partial charge >= 0.3 is 0 Å². The number of anilines is 1. The molecule has 0 aromatic carbocycles. The molecule has 0 aliphatic heterocycles. The Balaban J connectivity index is 0.000000789. The predicted molar refractivity (Wildman–Crippen MR) is 96.3 cm³/mol. The Kier molecular flexibility index (Phi) is 11.9. The number of halogens is 2. The SMILES string of the molecule is CCC.CN.Nc1cc(Cl)nc(SCc2cc(Cl)ccn2)n1. The Morgan fingerprint density at radius 1 is 1.14 bits per heavy atom. The van der Waals surface area contributed by atoms with Crippen LogP contribution in [0.4, 0.5) is 5.82 Å². The third-order valence-electron chi connectivity index (χ3n) is 1.82. The Labute approximate surface area is 145 Å². The summed E-state index contributed by atoms with van der Waals surface area (Å²) in [4.78, 5) is 12.3. The molecule has 0 radical (unpaired) electrons. The van der Waals surface area contributed by atoms with Crippen LogP contribution in [0.3, 0.4) is 0 Å². The standard InChI is InChI=1S/C10H8Cl2N4S.C3H8.CH5N/c11-6-1-2-14-7(3-6)5-17-10-15-8(12)4-9(13)16-10;1-3-2;1-2/h1-4H,5H2,(H2,13,15,16);3H2,1-2H3;2H2,1H3. The average Bonchev–Trinajstić information content (AvgIpc) is 2.47. The van der Waals surface area contributed by atoms with Crippen molar-refractivity contribution in [3.05, 3.63) is 40.3 Å². The summed E-state index contributed by atoms with van der Waals surface area (Å²) in [5.74, 6) is 0.965. The zero-order valence-electron chi connectivity index (χ0n) is 12.9. The molecule has 0 fully saturated rings. The molecule has 0 unspecified atom stereocenters. The van der Waals surface area contributed by atoms with Crippen molar-refractivity contribution < 1.29 is 0 Å². The molecule has 0 spiro atoms. The summed E-state index contributed by atoms with van der Waals surface area (Å²) in [6.45, 7) is 4.25. The zero-order chi connectivity index (χ0) is 17.0. The minimum atomic E-state index is 0.332. The number of rotatable bonds is 3. The first-order valence-electron chi connectivity index (χ1n) is 6.66. The van der Waals surface area contributed by atoms with E-state index in [4.69, 9.17) is 28.9 Å². The van der Waals surface area contributed by atoms with Gasteiger partial charge in [-0.2, -0.15) is 0 Å². The van der Waals surface area contributed by atoms with E-state index in [1.165, 1.54) is 31.3 Å². The minimum absolute atomic E-state index is 0.332. The molecule has 5 nitrogen and oxygen atoms in total. The summed E-state index contributed by atoms with van der Waals surface area (Å²) in [7, 11) is 1.50. The second-order valence-electron chi connectivity index (χ2n) is 3.86. The first kappa shape index (κ1) is 20.9. The fourth-order valence-corrected chi connectivity index (χ4v) is 2.34. The van der Waals surface area contributed by atoms with Crippen molar-refractivity contribution >= 4 is 40.8 Å². The van der Waals surface area contributed by atoms with E-state index in [9.17, 15) is 0 Å². The Morgan fingerprint density at radius 3 is 2.32 bits per heavy atom. The van der Waals surface area contributed by atoms with Crippen LogP contribution in [0.15, 0.2) is 29.6 Å². The topological polar surface area (TPSA) is 90.7 Å². The molecule has 0 aliphatic carbocycles. The molecule has 122 valence electrons. The summed E-state index contributed by atoms with van der Waals surface area (Å²) in [6.07, 6.45) is 2.91. The molecule has 0 aliphatic rings. The number of hydrogen-bond donors (Lipinski definition) is 2. The summed E-state index contributed by atoms with van der Waals surface area (Å²) < 4.78 is 0. The van der Waals surface area contributed by atoms with E-state index in [2.05, 4.69) is 34.5 Å². The van der Waals surface area contributed by atoms with Gasteiger partial charge < -0.3 is 11.5 Å². The van der Waals surface area contributed by atoms with Gasteiger partial charge in [0, 0.05) is 23.0 Å². The highest BCUT2D eigenvalue weighted by Gasteiger charge is 2.03. The van der Waals surface area contributed by atoms with Crippen LogP contribution in [0.2, 0.25) is 10.2 Å². The highest BCUT2D eigenvalue weighted by atomic mass is 35.5. The minimum Gasteiger partial charge on any atom is -0.384 e. The van der Waals surface area contributed by atoms with Gasteiger partial charge in [-0.05, 0) is 19.2 Å². The van der Waals surface area contributed by atoms with Crippen LogP contribution in [-0.4, -0.2) is 22.0 Å². The lowest BCUT2D eigenvalue weighted by molar-refractivity contribution is 0.974. The average molecular weight is 362 g/mol. The first-order chi connectivity index (χ1) is 10.5. The van der Waals surface area contributed by atoms with E-state index in [0.717, 1.165) is 5.69 Å². The summed E-state index contributed by atoms with van der Waals surface area (Å²) in [6, 6.07) is 5.02. The van der Waals surface area contributed by atoms with Gasteiger partial charge in [-0.15, -0.1) is 0 Å². The van der Waals surface area contributed by atoms with Crippen molar-refractivity contribution in [1.29, 1.82) is 0 Å². The lowest BCUT2D eigenvalue weighted by atomic mass is 10.4. The number of nitrogens with zero attached hydrogens (tertiary/aromatic N) is 3. The fraction of sp³-hybridized carbons (Fsp3) is 0.357. The van der Waals surface area contributed by atoms with E-state index < -0.39 is 0 Å². The number of thioether (sulfide) groups is 1. The number of nitrogen functional groups attached to an aromatic ring is 1. The van der Waals surface area contributed by atoms with Crippen LogP contribution in [0.5, 0.6) is 0 Å². The third kappa shape index (κ3) is 9.04. The van der Waals surface area contributed by atoms with E-state index in [1.54, 1.807) is 18.3 Å². The molecule has 2 rings (SSSR count). The molecule has 2 aromatic rings. The number of nitrogens with two attached hydrogens (primary N) is 2. The van der Waals surface area contributed by atoms with Crippen molar-refractivity contribution in [2.24, 2.45) is 5.73 Å². The molecule has 0 saturated carbocycles. The smallest absolute Gasteiger partial charge is 0.191 e. The molecule has 2 aromatic heterocycles. The number of aromatic nitrogens is 3. The van der Waals surface area contributed by atoms with Crippen LogP contribution in [0.1, 0.15) is 26.0 Å². The number of pyridine rings is 1. The molecule has 0 saturated heterocycles. The van der Waals surface area contributed by atoms with E-state index in [-0.39, 0.29) is 0 Å². The van der Waals surface area contributed by atoms with Gasteiger partial charge in [-0.3, -0.25) is 4.98 Å². The zero-order valence-corrected chi connectivity index (χ0v) is 15.2. The lowest BCUT2D eigenvalue weighted by Gasteiger charge is -2.02. The molecule has 2 heterocycles. The maximum Gasteiger partial charge on any atom is 0.191 e.